The standard InChI is InChI=1S/C30H33BrN9OP/c1-17(2)40-12-9-24-19(15-35-39(24)3)18-13-23(26(41-4)14-25(18)40)37-30-34-16-20(31)29(38-30)36-22-8-7-21-27(28(22)42(5)6)33-11-10-32-21/h7-8,10-11,13-17H,9,12H2,1-6H3,(H2,34,36,37,38). The summed E-state index contributed by atoms with van der Waals surface area (Å²) in [6, 6.07) is 8.57. The van der Waals surface area contributed by atoms with E-state index >= 15 is 0 Å². The Kier molecular flexibility index (Phi) is 7.72. The van der Waals surface area contributed by atoms with E-state index in [1.807, 2.05) is 30.1 Å². The maximum Gasteiger partial charge on any atom is 0.229 e. The van der Waals surface area contributed by atoms with Crippen LogP contribution in [0.1, 0.15) is 19.5 Å². The maximum atomic E-state index is 5.88. The van der Waals surface area contributed by atoms with Crippen LogP contribution in [-0.4, -0.2) is 62.7 Å². The van der Waals surface area contributed by atoms with Crippen LogP contribution in [0.3, 0.4) is 0 Å². The predicted molar refractivity (Wildman–Crippen MR) is 176 cm³/mol. The Morgan fingerprint density at radius 2 is 1.81 bits per heavy atom. The molecule has 0 saturated heterocycles. The Labute approximate surface area is 254 Å². The lowest BCUT2D eigenvalue weighted by molar-refractivity contribution is 0.416. The lowest BCUT2D eigenvalue weighted by Gasteiger charge is -2.30. The van der Waals surface area contributed by atoms with Crippen molar-refractivity contribution >= 4 is 69.0 Å². The van der Waals surface area contributed by atoms with Gasteiger partial charge in [0.2, 0.25) is 5.95 Å². The molecule has 2 aromatic carbocycles. The first-order valence-electron chi connectivity index (χ1n) is 13.7. The fraction of sp³-hybridized carbons (Fsp3) is 0.300. The van der Waals surface area contributed by atoms with Gasteiger partial charge in [-0.25, -0.2) is 4.98 Å². The summed E-state index contributed by atoms with van der Waals surface area (Å²) in [6.45, 7) is 9.76. The van der Waals surface area contributed by atoms with E-state index in [1.54, 1.807) is 25.7 Å². The van der Waals surface area contributed by atoms with E-state index in [1.165, 1.54) is 5.69 Å². The number of hydrogen-bond acceptors (Lipinski definition) is 9. The molecule has 0 spiro atoms. The molecule has 1 aliphatic rings. The summed E-state index contributed by atoms with van der Waals surface area (Å²) in [7, 11) is 3.21. The lowest BCUT2D eigenvalue weighted by Crippen LogP contribution is -2.32. The summed E-state index contributed by atoms with van der Waals surface area (Å²) in [5.74, 6) is 1.80. The number of methoxy groups -OCH3 is 1. The van der Waals surface area contributed by atoms with Gasteiger partial charge in [0.15, 0.2) is 0 Å². The Hall–Kier alpha value is -3.82. The number of anilines is 5. The van der Waals surface area contributed by atoms with Crippen molar-refractivity contribution in [3.63, 3.8) is 0 Å². The monoisotopic (exact) mass is 645 g/mol. The fourth-order valence-corrected chi connectivity index (χ4v) is 6.99. The summed E-state index contributed by atoms with van der Waals surface area (Å²) >= 11 is 3.63. The topological polar surface area (TPSA) is 106 Å². The zero-order valence-corrected chi connectivity index (χ0v) is 27.0. The molecule has 0 bridgehead atoms. The van der Waals surface area contributed by atoms with E-state index in [2.05, 4.69) is 90.8 Å². The van der Waals surface area contributed by atoms with Gasteiger partial charge in [0.25, 0.3) is 0 Å². The summed E-state index contributed by atoms with van der Waals surface area (Å²) in [5.41, 5.74) is 8.07. The third-order valence-corrected chi connectivity index (χ3v) is 9.42. The molecule has 5 aromatic rings. The van der Waals surface area contributed by atoms with Gasteiger partial charge in [-0.05, 0) is 61.3 Å². The van der Waals surface area contributed by atoms with Gasteiger partial charge in [-0.2, -0.15) is 10.1 Å². The molecular formula is C30H33BrN9OP. The second-order valence-corrected chi connectivity index (χ2v) is 13.7. The first-order valence-corrected chi connectivity index (χ1v) is 16.8. The van der Waals surface area contributed by atoms with Crippen LogP contribution < -0.4 is 25.6 Å². The molecule has 10 nitrogen and oxygen atoms in total. The Bertz CT molecular complexity index is 1790. The number of ether oxygens (including phenoxy) is 1. The molecule has 0 fully saturated rings. The van der Waals surface area contributed by atoms with Crippen molar-refractivity contribution in [1.29, 1.82) is 0 Å². The number of nitrogens with zero attached hydrogens (tertiary/aromatic N) is 7. The Morgan fingerprint density at radius 3 is 2.57 bits per heavy atom. The van der Waals surface area contributed by atoms with Gasteiger partial charge in [-0.1, -0.05) is 7.92 Å². The minimum atomic E-state index is -0.478. The van der Waals surface area contributed by atoms with Crippen molar-refractivity contribution < 1.29 is 4.74 Å². The number of rotatable bonds is 7. The molecule has 0 amide bonds. The molecule has 42 heavy (non-hydrogen) atoms. The van der Waals surface area contributed by atoms with Gasteiger partial charge in [-0.3, -0.25) is 14.6 Å². The Balaban J connectivity index is 1.39. The van der Waals surface area contributed by atoms with E-state index in [0.717, 1.165) is 62.0 Å². The van der Waals surface area contributed by atoms with Crippen LogP contribution in [0.15, 0.2) is 53.5 Å². The number of benzene rings is 2. The van der Waals surface area contributed by atoms with Crippen LogP contribution in [-0.2, 0) is 13.5 Å². The average molecular weight is 647 g/mol. The van der Waals surface area contributed by atoms with Crippen molar-refractivity contribution in [2.24, 2.45) is 7.05 Å². The number of fused-ring (bicyclic) bond motifs is 4. The van der Waals surface area contributed by atoms with Crippen LogP contribution in [0.2, 0.25) is 0 Å². The van der Waals surface area contributed by atoms with E-state index in [-0.39, 0.29) is 0 Å². The highest BCUT2D eigenvalue weighted by molar-refractivity contribution is 9.10. The van der Waals surface area contributed by atoms with Gasteiger partial charge >= 0.3 is 0 Å². The van der Waals surface area contributed by atoms with E-state index in [9.17, 15) is 0 Å². The van der Waals surface area contributed by atoms with Crippen LogP contribution in [0.4, 0.5) is 28.8 Å². The summed E-state index contributed by atoms with van der Waals surface area (Å²) in [5, 5.41) is 12.7. The Morgan fingerprint density at radius 1 is 1.00 bits per heavy atom. The first-order chi connectivity index (χ1) is 20.2. The number of nitrogens with one attached hydrogen (secondary N) is 2. The second-order valence-electron chi connectivity index (χ2n) is 10.7. The van der Waals surface area contributed by atoms with Gasteiger partial charge in [0.05, 0.1) is 34.5 Å². The summed E-state index contributed by atoms with van der Waals surface area (Å²) in [4.78, 5) is 21.0. The molecule has 0 atom stereocenters. The normalized spacial score (nSPS) is 12.8. The summed E-state index contributed by atoms with van der Waals surface area (Å²) < 4.78 is 8.60. The van der Waals surface area contributed by atoms with Crippen molar-refractivity contribution in [3.8, 4) is 16.9 Å². The molecule has 3 aromatic heterocycles. The van der Waals surface area contributed by atoms with E-state index in [0.29, 0.717) is 23.6 Å². The quantitative estimate of drug-likeness (QED) is 0.200. The molecule has 216 valence electrons. The minimum absolute atomic E-state index is 0.330. The van der Waals surface area contributed by atoms with Gasteiger partial charge < -0.3 is 20.3 Å². The fourth-order valence-electron chi connectivity index (χ4n) is 5.50. The number of aromatic nitrogens is 6. The molecular weight excluding hydrogens is 613 g/mol. The highest BCUT2D eigenvalue weighted by atomic mass is 79.9. The van der Waals surface area contributed by atoms with Crippen molar-refractivity contribution in [2.75, 3.05) is 42.5 Å². The largest absolute Gasteiger partial charge is 0.494 e. The zero-order chi connectivity index (χ0) is 29.5. The highest BCUT2D eigenvalue weighted by Gasteiger charge is 2.26. The SMILES string of the molecule is COc1cc2c(cc1Nc1ncc(Br)c(Nc3ccc4nccnc4c3P(C)C)n1)-c1cnn(C)c1CCN2C(C)C. The molecule has 2 N–H and O–H groups in total. The molecule has 12 heteroatoms. The average Bonchev–Trinajstić information content (AvgIpc) is 3.25. The molecule has 0 saturated carbocycles. The van der Waals surface area contributed by atoms with Crippen molar-refractivity contribution in [3.05, 3.63) is 59.2 Å². The smallest absolute Gasteiger partial charge is 0.229 e. The van der Waals surface area contributed by atoms with Crippen LogP contribution >= 0.6 is 23.9 Å². The third-order valence-electron chi connectivity index (χ3n) is 7.50. The number of aryl methyl sites for hydroxylation is 1. The number of hydrogen-bond donors (Lipinski definition) is 2. The molecule has 0 unspecified atom stereocenters. The maximum absolute atomic E-state index is 5.88. The van der Waals surface area contributed by atoms with E-state index < -0.39 is 7.92 Å². The van der Waals surface area contributed by atoms with Crippen LogP contribution in [0.5, 0.6) is 5.75 Å². The number of halogens is 1. The van der Waals surface area contributed by atoms with Gasteiger partial charge in [0.1, 0.15) is 11.6 Å². The first kappa shape index (κ1) is 28.3. The molecule has 0 radical (unpaired) electrons. The lowest BCUT2D eigenvalue weighted by atomic mass is 10.0. The molecule has 0 aliphatic carbocycles. The zero-order valence-electron chi connectivity index (χ0n) is 24.5. The second kappa shape index (κ2) is 11.5. The molecule has 1 aliphatic heterocycles. The van der Waals surface area contributed by atoms with E-state index in [4.69, 9.17) is 9.72 Å². The highest BCUT2D eigenvalue weighted by Crippen LogP contribution is 2.44. The summed E-state index contributed by atoms with van der Waals surface area (Å²) in [6.07, 6.45) is 8.06. The minimum Gasteiger partial charge on any atom is -0.494 e. The van der Waals surface area contributed by atoms with Gasteiger partial charge in [0, 0.05) is 84.2 Å². The third kappa shape index (κ3) is 5.16. The molecule has 6 rings (SSSR count). The molecule has 4 heterocycles. The van der Waals surface area contributed by atoms with Crippen molar-refractivity contribution in [2.45, 2.75) is 26.3 Å². The van der Waals surface area contributed by atoms with Gasteiger partial charge in [-0.15, -0.1) is 0 Å². The van der Waals surface area contributed by atoms with Crippen molar-refractivity contribution in [1.82, 2.24) is 29.7 Å². The van der Waals surface area contributed by atoms with Crippen LogP contribution in [0.25, 0.3) is 22.2 Å². The predicted octanol–water partition coefficient (Wildman–Crippen LogP) is 6.22. The van der Waals surface area contributed by atoms with Crippen LogP contribution in [0, 0.1) is 0 Å².